The van der Waals surface area contributed by atoms with Crippen molar-refractivity contribution in [2.75, 3.05) is 0 Å². The molecule has 0 aliphatic heterocycles. The van der Waals surface area contributed by atoms with Gasteiger partial charge >= 0.3 is 0 Å². The highest BCUT2D eigenvalue weighted by Gasteiger charge is 2.13. The van der Waals surface area contributed by atoms with E-state index in [1.54, 1.807) is 12.5 Å². The molecular formula is C12H20N4O. The fourth-order valence-electron chi connectivity index (χ4n) is 2.13. The van der Waals surface area contributed by atoms with Crippen molar-refractivity contribution in [3.05, 3.63) is 24.2 Å². The third-order valence-electron chi connectivity index (χ3n) is 3.08. The number of hydrogen-bond acceptors (Lipinski definition) is 3. The van der Waals surface area contributed by atoms with Gasteiger partial charge in [0.05, 0.1) is 19.1 Å². The van der Waals surface area contributed by atoms with E-state index in [4.69, 9.17) is 10.3 Å². The second-order valence-electron chi connectivity index (χ2n) is 4.42. The van der Waals surface area contributed by atoms with Crippen molar-refractivity contribution >= 4 is 5.96 Å². The van der Waals surface area contributed by atoms with E-state index in [0.29, 0.717) is 18.5 Å². The Kier molecular flexibility index (Phi) is 4.44. The fourth-order valence-corrected chi connectivity index (χ4v) is 2.13. The molecule has 0 aromatic carbocycles. The molecule has 0 atom stereocenters. The molecular weight excluding hydrogens is 216 g/mol. The van der Waals surface area contributed by atoms with Gasteiger partial charge in [0.15, 0.2) is 0 Å². The molecule has 0 amide bonds. The first-order valence-corrected chi connectivity index (χ1v) is 6.17. The van der Waals surface area contributed by atoms with Gasteiger partial charge in [-0.3, -0.25) is 5.43 Å². The van der Waals surface area contributed by atoms with Gasteiger partial charge in [0.25, 0.3) is 0 Å². The summed E-state index contributed by atoms with van der Waals surface area (Å²) in [6.07, 6.45) is 9.66. The first-order chi connectivity index (χ1) is 8.38. The van der Waals surface area contributed by atoms with Gasteiger partial charge in [-0.1, -0.05) is 19.3 Å². The number of furan rings is 1. The van der Waals surface area contributed by atoms with Crippen molar-refractivity contribution in [3.8, 4) is 0 Å². The predicted octanol–water partition coefficient (Wildman–Crippen LogP) is 1.52. The maximum Gasteiger partial charge on any atom is 0.206 e. The molecule has 5 nitrogen and oxygen atoms in total. The monoisotopic (exact) mass is 236 g/mol. The van der Waals surface area contributed by atoms with E-state index < -0.39 is 0 Å². The molecule has 1 heterocycles. The van der Waals surface area contributed by atoms with Crippen molar-refractivity contribution in [1.29, 1.82) is 0 Å². The van der Waals surface area contributed by atoms with E-state index in [1.165, 1.54) is 32.1 Å². The standard InChI is InChI=1S/C12H20N4O/c13-16-12(14-8-10-6-7-17-9-10)15-11-4-2-1-3-5-11/h6-7,9,11H,1-5,8,13H2,(H2,14,15,16). The van der Waals surface area contributed by atoms with Gasteiger partial charge in [-0.25, -0.2) is 10.8 Å². The average Bonchev–Trinajstić information content (AvgIpc) is 2.89. The Bertz CT molecular complexity index is 341. The van der Waals surface area contributed by atoms with Crippen molar-refractivity contribution in [3.63, 3.8) is 0 Å². The largest absolute Gasteiger partial charge is 0.472 e. The van der Waals surface area contributed by atoms with Crippen LogP contribution < -0.4 is 16.6 Å². The minimum atomic E-state index is 0.503. The molecule has 1 aromatic rings. The van der Waals surface area contributed by atoms with Crippen molar-refractivity contribution in [2.24, 2.45) is 10.8 Å². The van der Waals surface area contributed by atoms with Crippen LogP contribution in [0.5, 0.6) is 0 Å². The normalized spacial score (nSPS) is 18.1. The number of nitrogens with zero attached hydrogens (tertiary/aromatic N) is 1. The number of hydrogen-bond donors (Lipinski definition) is 3. The molecule has 5 heteroatoms. The molecule has 0 bridgehead atoms. The van der Waals surface area contributed by atoms with Crippen LogP contribution in [-0.2, 0) is 6.54 Å². The van der Waals surface area contributed by atoms with Crippen molar-refractivity contribution in [2.45, 2.75) is 44.7 Å². The fraction of sp³-hybridized carbons (Fsp3) is 0.583. The summed E-state index contributed by atoms with van der Waals surface area (Å²) in [5.41, 5.74) is 3.66. The SMILES string of the molecule is NNC(=NCc1ccoc1)NC1CCCCC1. The van der Waals surface area contributed by atoms with Crippen LogP contribution in [0.2, 0.25) is 0 Å². The second-order valence-corrected chi connectivity index (χ2v) is 4.42. The molecule has 1 fully saturated rings. The predicted molar refractivity (Wildman–Crippen MR) is 67.2 cm³/mol. The topological polar surface area (TPSA) is 75.6 Å². The number of rotatable bonds is 3. The molecule has 1 aliphatic rings. The number of nitrogens with one attached hydrogen (secondary N) is 2. The minimum Gasteiger partial charge on any atom is -0.472 e. The summed E-state index contributed by atoms with van der Waals surface area (Å²) >= 11 is 0. The third-order valence-corrected chi connectivity index (χ3v) is 3.08. The van der Waals surface area contributed by atoms with Crippen LogP contribution in [0, 0.1) is 0 Å². The molecule has 2 rings (SSSR count). The summed E-state index contributed by atoms with van der Waals surface area (Å²) in [5.74, 6) is 6.13. The number of aliphatic imine (C=N–C) groups is 1. The van der Waals surface area contributed by atoms with Crippen molar-refractivity contribution < 1.29 is 4.42 Å². The summed E-state index contributed by atoms with van der Waals surface area (Å²) in [5, 5.41) is 3.35. The molecule has 4 N–H and O–H groups in total. The zero-order valence-corrected chi connectivity index (χ0v) is 9.98. The first-order valence-electron chi connectivity index (χ1n) is 6.17. The Morgan fingerprint density at radius 1 is 1.41 bits per heavy atom. The lowest BCUT2D eigenvalue weighted by Gasteiger charge is -2.24. The molecule has 94 valence electrons. The lowest BCUT2D eigenvalue weighted by molar-refractivity contribution is 0.410. The molecule has 0 saturated heterocycles. The number of hydrazine groups is 1. The van der Waals surface area contributed by atoms with Gasteiger partial charge in [0.2, 0.25) is 5.96 Å². The van der Waals surface area contributed by atoms with Crippen LogP contribution in [0.15, 0.2) is 28.0 Å². The summed E-state index contributed by atoms with van der Waals surface area (Å²) in [6.45, 7) is 0.579. The quantitative estimate of drug-likeness (QED) is 0.322. The summed E-state index contributed by atoms with van der Waals surface area (Å²) in [7, 11) is 0. The molecule has 1 aliphatic carbocycles. The van der Waals surface area contributed by atoms with Crippen molar-refractivity contribution in [1.82, 2.24) is 10.7 Å². The van der Waals surface area contributed by atoms with E-state index in [0.717, 1.165) is 5.56 Å². The van der Waals surface area contributed by atoms with Gasteiger partial charge in [0.1, 0.15) is 0 Å². The van der Waals surface area contributed by atoms with Crippen LogP contribution >= 0.6 is 0 Å². The number of guanidine groups is 1. The van der Waals surface area contributed by atoms with Crippen LogP contribution in [0.3, 0.4) is 0 Å². The van der Waals surface area contributed by atoms with Crippen LogP contribution in [0.4, 0.5) is 0 Å². The first kappa shape index (κ1) is 12.0. The molecule has 0 spiro atoms. The molecule has 1 saturated carbocycles. The van der Waals surface area contributed by atoms with Crippen LogP contribution in [0.25, 0.3) is 0 Å². The molecule has 1 aromatic heterocycles. The zero-order chi connectivity index (χ0) is 11.9. The Morgan fingerprint density at radius 2 is 2.24 bits per heavy atom. The lowest BCUT2D eigenvalue weighted by atomic mass is 9.96. The maximum absolute atomic E-state index is 5.46. The van der Waals surface area contributed by atoms with Crippen LogP contribution in [0.1, 0.15) is 37.7 Å². The second kappa shape index (κ2) is 6.30. The average molecular weight is 236 g/mol. The Morgan fingerprint density at radius 3 is 2.88 bits per heavy atom. The van der Waals surface area contributed by atoms with Gasteiger partial charge in [0, 0.05) is 11.6 Å². The zero-order valence-electron chi connectivity index (χ0n) is 9.98. The maximum atomic E-state index is 5.46. The third kappa shape index (κ3) is 3.78. The summed E-state index contributed by atoms with van der Waals surface area (Å²) in [6, 6.07) is 2.40. The Hall–Kier alpha value is -1.49. The Balaban J connectivity index is 1.84. The summed E-state index contributed by atoms with van der Waals surface area (Å²) < 4.78 is 4.99. The molecule has 0 radical (unpaired) electrons. The number of nitrogens with two attached hydrogens (primary N) is 1. The van der Waals surface area contributed by atoms with E-state index in [2.05, 4.69) is 15.7 Å². The van der Waals surface area contributed by atoms with E-state index in [1.807, 2.05) is 6.07 Å². The molecule has 17 heavy (non-hydrogen) atoms. The van der Waals surface area contributed by atoms with Gasteiger partial charge in [-0.2, -0.15) is 0 Å². The minimum absolute atomic E-state index is 0.503. The van der Waals surface area contributed by atoms with E-state index >= 15 is 0 Å². The van der Waals surface area contributed by atoms with Gasteiger partial charge in [-0.15, -0.1) is 0 Å². The molecule has 0 unspecified atom stereocenters. The highest BCUT2D eigenvalue weighted by Crippen LogP contribution is 2.17. The lowest BCUT2D eigenvalue weighted by Crippen LogP contribution is -2.47. The highest BCUT2D eigenvalue weighted by atomic mass is 16.3. The van der Waals surface area contributed by atoms with Crippen LogP contribution in [-0.4, -0.2) is 12.0 Å². The summed E-state index contributed by atoms with van der Waals surface area (Å²) in [4.78, 5) is 4.39. The van der Waals surface area contributed by atoms with E-state index in [9.17, 15) is 0 Å². The smallest absolute Gasteiger partial charge is 0.206 e. The highest BCUT2D eigenvalue weighted by molar-refractivity contribution is 5.79. The Labute approximate surface area is 101 Å². The van der Waals surface area contributed by atoms with Gasteiger partial charge < -0.3 is 9.73 Å². The van der Waals surface area contributed by atoms with Gasteiger partial charge in [-0.05, 0) is 18.9 Å². The van der Waals surface area contributed by atoms with E-state index in [-0.39, 0.29) is 0 Å².